The van der Waals surface area contributed by atoms with Gasteiger partial charge >= 0.3 is 0 Å². The monoisotopic (exact) mass is 348 g/mol. The number of piperidine rings is 1. The molecule has 7 heteroatoms. The van der Waals surface area contributed by atoms with Crippen molar-refractivity contribution in [3.63, 3.8) is 0 Å². The molecule has 1 aliphatic rings. The van der Waals surface area contributed by atoms with Crippen LogP contribution in [0.2, 0.25) is 0 Å². The first-order valence-electron chi connectivity index (χ1n) is 8.85. The highest BCUT2D eigenvalue weighted by Crippen LogP contribution is 2.16. The van der Waals surface area contributed by atoms with Gasteiger partial charge in [-0.25, -0.2) is 4.99 Å². The Balaban J connectivity index is 2.01. The smallest absolute Gasteiger partial charge is 0.269 e. The molecule has 1 N–H and O–H groups in total. The molecule has 138 valence electrons. The number of nitro benzene ring substituents is 1. The second-order valence-electron chi connectivity index (χ2n) is 6.53. The molecule has 25 heavy (non-hydrogen) atoms. The van der Waals surface area contributed by atoms with Crippen molar-refractivity contribution in [1.82, 2.24) is 10.2 Å². The Kier molecular flexibility index (Phi) is 7.66. The van der Waals surface area contributed by atoms with Crippen LogP contribution < -0.4 is 5.32 Å². The van der Waals surface area contributed by atoms with Crippen LogP contribution in [0.1, 0.15) is 31.7 Å². The van der Waals surface area contributed by atoms with Crippen molar-refractivity contribution >= 4 is 11.6 Å². The third-order valence-corrected chi connectivity index (χ3v) is 4.32. The van der Waals surface area contributed by atoms with Gasteiger partial charge in [0, 0.05) is 45.5 Å². The summed E-state index contributed by atoms with van der Waals surface area (Å²) in [4.78, 5) is 17.4. The molecule has 0 aromatic heterocycles. The predicted molar refractivity (Wildman–Crippen MR) is 98.7 cm³/mol. The zero-order valence-corrected chi connectivity index (χ0v) is 15.1. The lowest BCUT2D eigenvalue weighted by molar-refractivity contribution is -0.384. The number of aliphatic imine (C=N–C) groups is 1. The Hall–Kier alpha value is -2.15. The van der Waals surface area contributed by atoms with E-state index in [0.717, 1.165) is 44.2 Å². The summed E-state index contributed by atoms with van der Waals surface area (Å²) in [6.07, 6.45) is 3.36. The van der Waals surface area contributed by atoms with E-state index in [1.54, 1.807) is 19.2 Å². The Morgan fingerprint density at radius 3 is 2.84 bits per heavy atom. The summed E-state index contributed by atoms with van der Waals surface area (Å²) in [5.74, 6) is 1.58. The second-order valence-corrected chi connectivity index (χ2v) is 6.53. The van der Waals surface area contributed by atoms with Gasteiger partial charge in [-0.05, 0) is 30.7 Å². The molecule has 0 bridgehead atoms. The highest BCUT2D eigenvalue weighted by atomic mass is 16.6. The zero-order chi connectivity index (χ0) is 18.1. The molecule has 1 aromatic carbocycles. The van der Waals surface area contributed by atoms with E-state index in [9.17, 15) is 10.1 Å². The number of benzene rings is 1. The third-order valence-electron chi connectivity index (χ3n) is 4.32. The summed E-state index contributed by atoms with van der Waals surface area (Å²) in [5.41, 5.74) is 1.07. The van der Waals surface area contributed by atoms with Crippen molar-refractivity contribution in [1.29, 1.82) is 0 Å². The number of rotatable bonds is 7. The van der Waals surface area contributed by atoms with Gasteiger partial charge in [-0.1, -0.05) is 19.1 Å². The topological polar surface area (TPSA) is 80.0 Å². The normalized spacial score (nSPS) is 18.2. The standard InChI is InChI=1S/C18H28N4O3/c1-15-5-3-11-21(14-15)18(19-10-4-12-25-2)20-13-16-6-8-17(9-7-16)22(23)24/h6-9,15H,3-5,10-14H2,1-2H3,(H,19,20). The molecule has 0 radical (unpaired) electrons. The summed E-state index contributed by atoms with van der Waals surface area (Å²) in [7, 11) is 1.70. The molecule has 1 aromatic rings. The molecule has 1 fully saturated rings. The number of non-ortho nitro benzene ring substituents is 1. The van der Waals surface area contributed by atoms with Crippen molar-refractivity contribution in [2.45, 2.75) is 32.7 Å². The summed E-state index contributed by atoms with van der Waals surface area (Å²) < 4.78 is 5.10. The molecule has 1 saturated heterocycles. The highest BCUT2D eigenvalue weighted by Gasteiger charge is 2.19. The molecule has 7 nitrogen and oxygen atoms in total. The average molecular weight is 348 g/mol. The van der Waals surface area contributed by atoms with Crippen LogP contribution in [0.4, 0.5) is 5.69 Å². The molecule has 1 aliphatic heterocycles. The third kappa shape index (κ3) is 6.34. The SMILES string of the molecule is COCCCNC(=NCc1ccc([N+](=O)[O-])cc1)N1CCCC(C)C1. The quantitative estimate of drug-likeness (QED) is 0.269. The average Bonchev–Trinajstić information content (AvgIpc) is 2.61. The van der Waals surface area contributed by atoms with Gasteiger partial charge in [-0.15, -0.1) is 0 Å². The maximum absolute atomic E-state index is 10.7. The summed E-state index contributed by atoms with van der Waals surface area (Å²) in [6.45, 7) is 6.34. The number of guanidine groups is 1. The van der Waals surface area contributed by atoms with Gasteiger partial charge in [-0.3, -0.25) is 10.1 Å². The van der Waals surface area contributed by atoms with Gasteiger partial charge < -0.3 is 15.0 Å². The van der Waals surface area contributed by atoms with E-state index in [1.165, 1.54) is 25.0 Å². The van der Waals surface area contributed by atoms with E-state index in [2.05, 4.69) is 17.1 Å². The molecule has 0 saturated carbocycles. The zero-order valence-electron chi connectivity index (χ0n) is 15.1. The first-order chi connectivity index (χ1) is 12.1. The van der Waals surface area contributed by atoms with E-state index in [-0.39, 0.29) is 10.6 Å². The number of nitro groups is 1. The second kappa shape index (κ2) is 9.98. The van der Waals surface area contributed by atoms with Gasteiger partial charge in [0.25, 0.3) is 5.69 Å². The van der Waals surface area contributed by atoms with E-state index in [4.69, 9.17) is 9.73 Å². The van der Waals surface area contributed by atoms with E-state index >= 15 is 0 Å². The lowest BCUT2D eigenvalue weighted by Gasteiger charge is -2.33. The van der Waals surface area contributed by atoms with Crippen molar-refractivity contribution in [3.8, 4) is 0 Å². The largest absolute Gasteiger partial charge is 0.385 e. The number of ether oxygens (including phenoxy) is 1. The first-order valence-corrected chi connectivity index (χ1v) is 8.85. The fraction of sp³-hybridized carbons (Fsp3) is 0.611. The molecular formula is C18H28N4O3. The van der Waals surface area contributed by atoms with Crippen LogP contribution in [-0.2, 0) is 11.3 Å². The van der Waals surface area contributed by atoms with Crippen LogP contribution in [0.25, 0.3) is 0 Å². The molecule has 0 amide bonds. The Bertz CT molecular complexity index is 574. The summed E-state index contributed by atoms with van der Waals surface area (Å²) >= 11 is 0. The number of nitrogens with zero attached hydrogens (tertiary/aromatic N) is 3. The van der Waals surface area contributed by atoms with Gasteiger partial charge in [0.2, 0.25) is 0 Å². The van der Waals surface area contributed by atoms with E-state index < -0.39 is 0 Å². The van der Waals surface area contributed by atoms with Crippen LogP contribution in [0.15, 0.2) is 29.3 Å². The maximum Gasteiger partial charge on any atom is 0.269 e. The maximum atomic E-state index is 10.7. The van der Waals surface area contributed by atoms with Crippen LogP contribution in [0.5, 0.6) is 0 Å². The van der Waals surface area contributed by atoms with Gasteiger partial charge in [0.15, 0.2) is 5.96 Å². The summed E-state index contributed by atoms with van der Waals surface area (Å²) in [6, 6.07) is 6.59. The van der Waals surface area contributed by atoms with Crippen molar-refractivity contribution in [2.75, 3.05) is 33.4 Å². The number of nitrogens with one attached hydrogen (secondary N) is 1. The fourth-order valence-corrected chi connectivity index (χ4v) is 2.96. The van der Waals surface area contributed by atoms with Gasteiger partial charge in [0.1, 0.15) is 0 Å². The first kappa shape index (κ1) is 19.2. The van der Waals surface area contributed by atoms with E-state index in [1.807, 2.05) is 0 Å². The minimum Gasteiger partial charge on any atom is -0.385 e. The van der Waals surface area contributed by atoms with Crippen LogP contribution in [0, 0.1) is 16.0 Å². The molecule has 0 aliphatic carbocycles. The molecular weight excluding hydrogens is 320 g/mol. The number of methoxy groups -OCH3 is 1. The van der Waals surface area contributed by atoms with Crippen molar-refractivity contribution in [3.05, 3.63) is 39.9 Å². The number of hydrogen-bond donors (Lipinski definition) is 1. The lowest BCUT2D eigenvalue weighted by atomic mass is 10.0. The molecule has 1 atom stereocenters. The molecule has 1 unspecified atom stereocenters. The van der Waals surface area contributed by atoms with E-state index in [0.29, 0.717) is 12.5 Å². The number of likely N-dealkylation sites (tertiary alicyclic amines) is 1. The van der Waals surface area contributed by atoms with Crippen LogP contribution in [0.3, 0.4) is 0 Å². The van der Waals surface area contributed by atoms with Crippen LogP contribution in [-0.4, -0.2) is 49.1 Å². The Labute approximate surface area is 149 Å². The Morgan fingerprint density at radius 2 is 2.20 bits per heavy atom. The van der Waals surface area contributed by atoms with Crippen LogP contribution >= 0.6 is 0 Å². The lowest BCUT2D eigenvalue weighted by Crippen LogP contribution is -2.46. The Morgan fingerprint density at radius 1 is 1.44 bits per heavy atom. The van der Waals surface area contributed by atoms with Gasteiger partial charge in [-0.2, -0.15) is 0 Å². The van der Waals surface area contributed by atoms with Crippen molar-refractivity contribution < 1.29 is 9.66 Å². The highest BCUT2D eigenvalue weighted by molar-refractivity contribution is 5.80. The molecule has 0 spiro atoms. The van der Waals surface area contributed by atoms with Crippen molar-refractivity contribution in [2.24, 2.45) is 10.9 Å². The minimum absolute atomic E-state index is 0.107. The number of hydrogen-bond acceptors (Lipinski definition) is 4. The van der Waals surface area contributed by atoms with Gasteiger partial charge in [0.05, 0.1) is 11.5 Å². The summed E-state index contributed by atoms with van der Waals surface area (Å²) in [5, 5.41) is 14.2. The fourth-order valence-electron chi connectivity index (χ4n) is 2.96. The predicted octanol–water partition coefficient (Wildman–Crippen LogP) is 2.81. The minimum atomic E-state index is -0.384. The molecule has 2 rings (SSSR count). The molecule has 1 heterocycles.